The number of rotatable bonds is 4. The summed E-state index contributed by atoms with van der Waals surface area (Å²) in [6.45, 7) is 0.421. The fourth-order valence-electron chi connectivity index (χ4n) is 2.03. The van der Waals surface area contributed by atoms with Crippen LogP contribution in [0.2, 0.25) is 0 Å². The Bertz CT molecular complexity index is 722. The van der Waals surface area contributed by atoms with Crippen molar-refractivity contribution in [1.82, 2.24) is 9.55 Å². The first-order valence-corrected chi connectivity index (χ1v) is 6.48. The minimum atomic E-state index is -0.466. The van der Waals surface area contributed by atoms with Crippen LogP contribution in [0.15, 0.2) is 61.2 Å². The minimum absolute atomic E-state index is 0.161. The summed E-state index contributed by atoms with van der Waals surface area (Å²) >= 11 is 0. The maximum atomic E-state index is 13.5. The Labute approximate surface area is 120 Å². The molecule has 0 aliphatic rings. The van der Waals surface area contributed by atoms with Gasteiger partial charge in [-0.1, -0.05) is 12.1 Å². The van der Waals surface area contributed by atoms with E-state index >= 15 is 0 Å². The highest BCUT2D eigenvalue weighted by atomic mass is 19.1. The molecule has 1 heterocycles. The van der Waals surface area contributed by atoms with Gasteiger partial charge in [0.2, 0.25) is 0 Å². The van der Waals surface area contributed by atoms with Gasteiger partial charge in [0.15, 0.2) is 0 Å². The quantitative estimate of drug-likeness (QED) is 0.791. The summed E-state index contributed by atoms with van der Waals surface area (Å²) in [6.07, 6.45) is 5.28. The van der Waals surface area contributed by atoms with Crippen LogP contribution in [0.25, 0.3) is 5.69 Å². The van der Waals surface area contributed by atoms with Gasteiger partial charge in [-0.25, -0.2) is 13.8 Å². The number of halogens is 2. The van der Waals surface area contributed by atoms with Gasteiger partial charge in [0.25, 0.3) is 0 Å². The molecular weight excluding hydrogens is 272 g/mol. The topological polar surface area (TPSA) is 29.9 Å². The fraction of sp³-hybridized carbons (Fsp3) is 0.0625. The highest BCUT2D eigenvalue weighted by Gasteiger charge is 2.03. The molecule has 2 aromatic carbocycles. The molecule has 0 radical (unpaired) electrons. The van der Waals surface area contributed by atoms with Crippen LogP contribution in [-0.4, -0.2) is 9.55 Å². The van der Waals surface area contributed by atoms with E-state index in [2.05, 4.69) is 10.3 Å². The average Bonchev–Trinajstić information content (AvgIpc) is 3.03. The van der Waals surface area contributed by atoms with E-state index < -0.39 is 11.6 Å². The van der Waals surface area contributed by atoms with Crippen LogP contribution in [0, 0.1) is 11.6 Å². The molecule has 1 aromatic heterocycles. The predicted molar refractivity (Wildman–Crippen MR) is 77.2 cm³/mol. The lowest BCUT2D eigenvalue weighted by atomic mass is 10.2. The lowest BCUT2D eigenvalue weighted by Crippen LogP contribution is -2.02. The van der Waals surface area contributed by atoms with Crippen molar-refractivity contribution in [3.05, 3.63) is 78.4 Å². The summed E-state index contributed by atoms with van der Waals surface area (Å²) in [5.74, 6) is -0.930. The third-order valence-electron chi connectivity index (χ3n) is 3.15. The summed E-state index contributed by atoms with van der Waals surface area (Å²) in [5, 5.41) is 2.89. The van der Waals surface area contributed by atoms with Gasteiger partial charge in [-0.15, -0.1) is 0 Å². The van der Waals surface area contributed by atoms with Gasteiger partial charge in [0.05, 0.1) is 12.0 Å². The SMILES string of the molecule is Fc1ccc(F)c(NCc2ccc(-n3ccnc3)cc2)c1. The summed E-state index contributed by atoms with van der Waals surface area (Å²) in [5.41, 5.74) is 2.13. The Morgan fingerprint density at radius 3 is 2.57 bits per heavy atom. The normalized spacial score (nSPS) is 10.6. The van der Waals surface area contributed by atoms with Crippen molar-refractivity contribution >= 4 is 5.69 Å². The molecule has 3 aromatic rings. The highest BCUT2D eigenvalue weighted by molar-refractivity contribution is 5.46. The summed E-state index contributed by atoms with van der Waals surface area (Å²) in [4.78, 5) is 3.99. The summed E-state index contributed by atoms with van der Waals surface area (Å²) in [7, 11) is 0. The molecule has 0 atom stereocenters. The van der Waals surface area contributed by atoms with E-state index in [0.29, 0.717) is 6.54 Å². The van der Waals surface area contributed by atoms with Gasteiger partial charge in [-0.3, -0.25) is 0 Å². The van der Waals surface area contributed by atoms with E-state index in [9.17, 15) is 8.78 Å². The first kappa shape index (κ1) is 13.3. The van der Waals surface area contributed by atoms with Gasteiger partial charge in [-0.2, -0.15) is 0 Å². The van der Waals surface area contributed by atoms with Crippen molar-refractivity contribution in [2.24, 2.45) is 0 Å². The first-order valence-electron chi connectivity index (χ1n) is 6.48. The van der Waals surface area contributed by atoms with Crippen molar-refractivity contribution in [3.63, 3.8) is 0 Å². The van der Waals surface area contributed by atoms with Crippen LogP contribution >= 0.6 is 0 Å². The Hall–Kier alpha value is -2.69. The van der Waals surface area contributed by atoms with E-state index in [-0.39, 0.29) is 5.69 Å². The minimum Gasteiger partial charge on any atom is -0.379 e. The number of aromatic nitrogens is 2. The monoisotopic (exact) mass is 285 g/mol. The van der Waals surface area contributed by atoms with Gasteiger partial charge >= 0.3 is 0 Å². The molecule has 3 rings (SSSR count). The summed E-state index contributed by atoms with van der Waals surface area (Å²) < 4.78 is 28.4. The fourth-order valence-corrected chi connectivity index (χ4v) is 2.03. The Kier molecular flexibility index (Phi) is 3.64. The van der Waals surface area contributed by atoms with Crippen molar-refractivity contribution in [3.8, 4) is 5.69 Å². The Balaban J connectivity index is 1.70. The smallest absolute Gasteiger partial charge is 0.146 e. The highest BCUT2D eigenvalue weighted by Crippen LogP contribution is 2.17. The molecule has 1 N–H and O–H groups in total. The third kappa shape index (κ3) is 3.08. The maximum absolute atomic E-state index is 13.5. The van der Waals surface area contributed by atoms with Gasteiger partial charge in [-0.05, 0) is 35.9 Å². The molecule has 0 amide bonds. The molecule has 0 spiro atoms. The van der Waals surface area contributed by atoms with Crippen LogP contribution in [0.5, 0.6) is 0 Å². The predicted octanol–water partition coefficient (Wildman–Crippen LogP) is 3.76. The zero-order valence-corrected chi connectivity index (χ0v) is 11.1. The molecule has 106 valence electrons. The molecule has 0 saturated heterocycles. The van der Waals surface area contributed by atoms with E-state index in [0.717, 1.165) is 29.4 Å². The van der Waals surface area contributed by atoms with Gasteiger partial charge < -0.3 is 9.88 Å². The number of nitrogens with zero attached hydrogens (tertiary/aromatic N) is 2. The number of hydrogen-bond acceptors (Lipinski definition) is 2. The number of anilines is 1. The molecule has 0 fully saturated rings. The van der Waals surface area contributed by atoms with Gasteiger partial charge in [0.1, 0.15) is 11.6 Å². The standard InChI is InChI=1S/C16H13F2N3/c17-13-3-6-15(18)16(9-13)20-10-12-1-4-14(5-2-12)21-8-7-19-11-21/h1-9,11,20H,10H2. The second-order valence-corrected chi connectivity index (χ2v) is 4.61. The van der Waals surface area contributed by atoms with Gasteiger partial charge in [0, 0.05) is 24.6 Å². The average molecular weight is 285 g/mol. The zero-order valence-electron chi connectivity index (χ0n) is 11.1. The van der Waals surface area contributed by atoms with Crippen molar-refractivity contribution in [1.29, 1.82) is 0 Å². The number of hydrogen-bond donors (Lipinski definition) is 1. The first-order chi connectivity index (χ1) is 10.2. The molecule has 0 aliphatic carbocycles. The van der Waals surface area contributed by atoms with E-state index in [4.69, 9.17) is 0 Å². The molecule has 0 aliphatic heterocycles. The zero-order chi connectivity index (χ0) is 14.7. The second-order valence-electron chi connectivity index (χ2n) is 4.61. The van der Waals surface area contributed by atoms with Crippen molar-refractivity contribution in [2.75, 3.05) is 5.32 Å². The second kappa shape index (κ2) is 5.75. The molecule has 0 saturated carbocycles. The van der Waals surface area contributed by atoms with Crippen LogP contribution in [0.3, 0.4) is 0 Å². The van der Waals surface area contributed by atoms with E-state index in [1.54, 1.807) is 12.5 Å². The number of nitrogens with one attached hydrogen (secondary N) is 1. The molecule has 5 heteroatoms. The van der Waals surface area contributed by atoms with Crippen molar-refractivity contribution < 1.29 is 8.78 Å². The summed E-state index contributed by atoms with van der Waals surface area (Å²) in [6, 6.07) is 11.1. The lowest BCUT2D eigenvalue weighted by molar-refractivity contribution is 0.602. The number of imidazole rings is 1. The van der Waals surface area contributed by atoms with Crippen LogP contribution in [0.1, 0.15) is 5.56 Å². The third-order valence-corrected chi connectivity index (χ3v) is 3.15. The maximum Gasteiger partial charge on any atom is 0.146 e. The van der Waals surface area contributed by atoms with Crippen LogP contribution in [0.4, 0.5) is 14.5 Å². The van der Waals surface area contributed by atoms with Crippen LogP contribution in [-0.2, 0) is 6.54 Å². The largest absolute Gasteiger partial charge is 0.379 e. The Morgan fingerprint density at radius 2 is 1.86 bits per heavy atom. The van der Waals surface area contributed by atoms with Crippen molar-refractivity contribution in [2.45, 2.75) is 6.54 Å². The van der Waals surface area contributed by atoms with Crippen LogP contribution < -0.4 is 5.32 Å². The molecule has 3 nitrogen and oxygen atoms in total. The molecule has 0 bridgehead atoms. The lowest BCUT2D eigenvalue weighted by Gasteiger charge is -2.09. The Morgan fingerprint density at radius 1 is 1.05 bits per heavy atom. The van der Waals surface area contributed by atoms with E-state index in [1.165, 1.54) is 0 Å². The molecular formula is C16H13F2N3. The van der Waals surface area contributed by atoms with E-state index in [1.807, 2.05) is 35.0 Å². The molecule has 0 unspecified atom stereocenters. The number of benzene rings is 2. The molecule has 21 heavy (non-hydrogen) atoms.